The largest absolute Gasteiger partial charge is 0.477 e. The zero-order valence-corrected chi connectivity index (χ0v) is 13.7. The molecule has 2 N–H and O–H groups in total. The summed E-state index contributed by atoms with van der Waals surface area (Å²) in [4.78, 5) is 23.6. The van der Waals surface area contributed by atoms with Crippen molar-refractivity contribution in [3.8, 4) is 0 Å². The summed E-state index contributed by atoms with van der Waals surface area (Å²) in [5.41, 5.74) is 2.11. The number of halogens is 1. The number of carboxylic acids is 1. The minimum Gasteiger partial charge on any atom is -0.477 e. The molecular formula is C19H13FN4O2. The number of hydrogen-bond donors (Lipinski definition) is 2. The maximum Gasteiger partial charge on any atom is 0.344 e. The Balaban J connectivity index is 2.11. The fraction of sp³-hybridized carbons (Fsp3) is 0.0526. The van der Waals surface area contributed by atoms with Crippen molar-refractivity contribution in [1.29, 1.82) is 0 Å². The molecule has 0 unspecified atom stereocenters. The number of hydrogen-bond acceptors (Lipinski definition) is 4. The van der Waals surface area contributed by atoms with E-state index in [2.05, 4.69) is 39.0 Å². The normalized spacial score (nSPS) is 14.8. The van der Waals surface area contributed by atoms with Crippen LogP contribution in [0.15, 0.2) is 51.9 Å². The van der Waals surface area contributed by atoms with Crippen LogP contribution in [0.1, 0.15) is 15.9 Å². The van der Waals surface area contributed by atoms with Gasteiger partial charge in [0.25, 0.3) is 0 Å². The van der Waals surface area contributed by atoms with Crippen molar-refractivity contribution in [2.45, 2.75) is 0 Å². The number of aliphatic imine (C=N–C) groups is 3. The maximum absolute atomic E-state index is 13.5. The van der Waals surface area contributed by atoms with E-state index in [4.69, 9.17) is 5.11 Å². The zero-order chi connectivity index (χ0) is 18.7. The summed E-state index contributed by atoms with van der Waals surface area (Å²) < 4.78 is 13.5. The van der Waals surface area contributed by atoms with Gasteiger partial charge >= 0.3 is 5.97 Å². The smallest absolute Gasteiger partial charge is 0.344 e. The van der Waals surface area contributed by atoms with Crippen LogP contribution in [-0.2, 0) is 0 Å². The Morgan fingerprint density at radius 3 is 2.88 bits per heavy atom. The summed E-state index contributed by atoms with van der Waals surface area (Å²) in [6.45, 7) is 3.99. The van der Waals surface area contributed by atoms with Crippen LogP contribution in [0.2, 0.25) is 0 Å². The molecule has 0 spiro atoms. The van der Waals surface area contributed by atoms with Gasteiger partial charge in [0.15, 0.2) is 5.84 Å². The fourth-order valence-electron chi connectivity index (χ4n) is 2.35. The molecule has 26 heavy (non-hydrogen) atoms. The number of nitrogens with one attached hydrogen (secondary N) is 1. The average Bonchev–Trinajstić information content (AvgIpc) is 2.61. The van der Waals surface area contributed by atoms with Crippen molar-refractivity contribution in [1.82, 2.24) is 0 Å². The second-order valence-electron chi connectivity index (χ2n) is 5.30. The van der Waals surface area contributed by atoms with Gasteiger partial charge in [-0.1, -0.05) is 24.8 Å². The van der Waals surface area contributed by atoms with Gasteiger partial charge < -0.3 is 10.4 Å². The number of aromatic carboxylic acids is 1. The van der Waals surface area contributed by atoms with E-state index in [0.717, 1.165) is 0 Å². The molecule has 3 rings (SSSR count). The summed E-state index contributed by atoms with van der Waals surface area (Å²) in [6, 6.07) is 12.6. The van der Waals surface area contributed by atoms with Gasteiger partial charge in [0.05, 0.1) is 11.3 Å². The van der Waals surface area contributed by atoms with Crippen molar-refractivity contribution in [2.24, 2.45) is 15.0 Å². The first kappa shape index (κ1) is 17.0. The zero-order valence-electron chi connectivity index (χ0n) is 13.7. The van der Waals surface area contributed by atoms with Gasteiger partial charge in [-0.15, -0.1) is 0 Å². The summed E-state index contributed by atoms with van der Waals surface area (Å²) in [6.07, 6.45) is 1.34. The Labute approximate surface area is 149 Å². The van der Waals surface area contributed by atoms with E-state index in [1.807, 2.05) is 0 Å². The van der Waals surface area contributed by atoms with Crippen LogP contribution in [0.4, 0.5) is 15.8 Å². The standard InChI is InChI=1S/C19H13FN4O2/c1-11-15-7-6-12(19(25)26)8-16(15)24-18(17(11)22-10-21-2)23-14-5-3-4-13(20)9-14/h3-5,8-10H,1H2,2H3,(H,23,24)(H,25,26). The van der Waals surface area contributed by atoms with E-state index in [0.29, 0.717) is 34.1 Å². The molecule has 0 bridgehead atoms. The molecule has 0 aromatic heterocycles. The highest BCUT2D eigenvalue weighted by molar-refractivity contribution is 6.62. The summed E-state index contributed by atoms with van der Waals surface area (Å²) in [5.74, 6) is -1.25. The van der Waals surface area contributed by atoms with Crippen LogP contribution < -0.4 is 5.32 Å². The first-order valence-electron chi connectivity index (χ1n) is 7.50. The molecule has 0 aliphatic carbocycles. The molecule has 0 saturated carbocycles. The number of nitrogens with zero attached hydrogens (tertiary/aromatic N) is 3. The van der Waals surface area contributed by atoms with Gasteiger partial charge in [-0.2, -0.15) is 0 Å². The number of fused-ring (bicyclic) bond motifs is 1. The molecule has 1 aliphatic rings. The maximum atomic E-state index is 13.5. The van der Waals surface area contributed by atoms with Gasteiger partial charge in [-0.3, -0.25) is 4.99 Å². The molecule has 0 amide bonds. The van der Waals surface area contributed by atoms with Crippen molar-refractivity contribution >= 4 is 40.8 Å². The van der Waals surface area contributed by atoms with Crippen molar-refractivity contribution in [2.75, 3.05) is 12.4 Å². The van der Waals surface area contributed by atoms with Crippen LogP contribution in [0, 0.1) is 17.9 Å². The van der Waals surface area contributed by atoms with Gasteiger partial charge in [-0.05, 0) is 24.3 Å². The van der Waals surface area contributed by atoms with Crippen LogP contribution in [0.25, 0.3) is 5.57 Å². The molecule has 2 aromatic carbocycles. The lowest BCUT2D eigenvalue weighted by Gasteiger charge is -2.19. The number of amidine groups is 1. The number of carboxylic acid groups (broad SMARTS) is 1. The lowest BCUT2D eigenvalue weighted by atomic mass is 9.97. The Hall–Kier alpha value is -3.79. The van der Waals surface area contributed by atoms with E-state index in [1.54, 1.807) is 19.2 Å². The minimum absolute atomic E-state index is 0.0686. The van der Waals surface area contributed by atoms with Gasteiger partial charge in [0.2, 0.25) is 0 Å². The summed E-state index contributed by atoms with van der Waals surface area (Å²) >= 11 is 0. The highest BCUT2D eigenvalue weighted by Crippen LogP contribution is 2.31. The number of rotatable bonds is 3. The van der Waals surface area contributed by atoms with Crippen LogP contribution in [0.5, 0.6) is 0 Å². The second-order valence-corrected chi connectivity index (χ2v) is 5.30. The highest BCUT2D eigenvalue weighted by Gasteiger charge is 2.24. The van der Waals surface area contributed by atoms with E-state index in [9.17, 15) is 9.18 Å². The topological polar surface area (TPSA) is 86.4 Å². The Morgan fingerprint density at radius 1 is 1.38 bits per heavy atom. The fourth-order valence-corrected chi connectivity index (χ4v) is 2.35. The molecule has 0 fully saturated rings. The molecule has 0 saturated heterocycles. The predicted octanol–water partition coefficient (Wildman–Crippen LogP) is 3.39. The Kier molecular flexibility index (Phi) is 4.58. The first-order chi connectivity index (χ1) is 12.5. The van der Waals surface area contributed by atoms with Crippen LogP contribution >= 0.6 is 0 Å². The lowest BCUT2D eigenvalue weighted by molar-refractivity contribution is 0.0697. The van der Waals surface area contributed by atoms with Gasteiger partial charge in [0.1, 0.15) is 23.4 Å². The van der Waals surface area contributed by atoms with Crippen LogP contribution in [0.3, 0.4) is 0 Å². The van der Waals surface area contributed by atoms with Crippen molar-refractivity contribution in [3.63, 3.8) is 0 Å². The van der Waals surface area contributed by atoms with E-state index in [1.165, 1.54) is 24.5 Å². The van der Waals surface area contributed by atoms with E-state index >= 15 is 0 Å². The third kappa shape index (κ3) is 3.35. The molecule has 0 radical (unpaired) electrons. The van der Waals surface area contributed by atoms with Gasteiger partial charge in [-0.25, -0.2) is 19.2 Å². The molecule has 1 heterocycles. The SMILES string of the molecule is C=C1C(=NC=NC)C(Nc2cccc(F)c2)=Nc2cc(C(=O)O)c#cc21. The second kappa shape index (κ2) is 6.99. The molecule has 1 aliphatic heterocycles. The van der Waals surface area contributed by atoms with Crippen molar-refractivity contribution < 1.29 is 14.3 Å². The monoisotopic (exact) mass is 348 g/mol. The average molecular weight is 348 g/mol. The summed E-state index contributed by atoms with van der Waals surface area (Å²) in [7, 11) is 1.57. The molecule has 2 aromatic rings. The van der Waals surface area contributed by atoms with Crippen LogP contribution in [-0.4, -0.2) is 36.0 Å². The molecule has 7 heteroatoms. The third-order valence-corrected chi connectivity index (χ3v) is 3.52. The predicted molar refractivity (Wildman–Crippen MR) is 99.1 cm³/mol. The Morgan fingerprint density at radius 2 is 2.19 bits per heavy atom. The molecule has 128 valence electrons. The van der Waals surface area contributed by atoms with Crippen molar-refractivity contribution in [3.05, 3.63) is 66.0 Å². The molecular weight excluding hydrogens is 335 g/mol. The van der Waals surface area contributed by atoms with Gasteiger partial charge in [0, 0.05) is 18.3 Å². The van der Waals surface area contributed by atoms with E-state index in [-0.39, 0.29) is 5.56 Å². The minimum atomic E-state index is -1.14. The van der Waals surface area contributed by atoms with E-state index < -0.39 is 11.8 Å². The summed E-state index contributed by atoms with van der Waals surface area (Å²) in [5, 5.41) is 12.1. The number of anilines is 1. The number of carbonyl (C=O) groups is 1. The first-order valence-corrected chi connectivity index (χ1v) is 7.50. The Bertz CT molecular complexity index is 993. The number of benzene rings is 1. The lowest BCUT2D eigenvalue weighted by Crippen LogP contribution is -2.27. The third-order valence-electron chi connectivity index (χ3n) is 3.52. The highest BCUT2D eigenvalue weighted by atomic mass is 19.1. The quantitative estimate of drug-likeness (QED) is 0.658. The molecule has 6 nitrogen and oxygen atoms in total. The molecule has 0 atom stereocenters.